The zero-order valence-corrected chi connectivity index (χ0v) is 12.2. The fourth-order valence-electron chi connectivity index (χ4n) is 2.75. The molecule has 0 aliphatic carbocycles. The van der Waals surface area contributed by atoms with Crippen LogP contribution in [-0.4, -0.2) is 38.2 Å². The van der Waals surface area contributed by atoms with Crippen molar-refractivity contribution in [1.82, 2.24) is 14.7 Å². The molecule has 1 aromatic heterocycles. The number of hydrogen-bond donors (Lipinski definition) is 1. The van der Waals surface area contributed by atoms with Gasteiger partial charge in [-0.15, -0.1) is 0 Å². The van der Waals surface area contributed by atoms with Gasteiger partial charge >= 0.3 is 5.97 Å². The van der Waals surface area contributed by atoms with Crippen LogP contribution in [0.5, 0.6) is 0 Å². The second kappa shape index (κ2) is 5.45. The van der Waals surface area contributed by atoms with Crippen LogP contribution in [0.2, 0.25) is 0 Å². The smallest absolute Gasteiger partial charge is 0.356 e. The van der Waals surface area contributed by atoms with Crippen molar-refractivity contribution in [2.75, 3.05) is 6.54 Å². The molecular weight excluding hydrogens is 308 g/mol. The number of aryl methyl sites for hydroxylation is 1. The van der Waals surface area contributed by atoms with Gasteiger partial charge < -0.3 is 10.0 Å². The minimum absolute atomic E-state index is 0.0254. The van der Waals surface area contributed by atoms with Crippen molar-refractivity contribution >= 4 is 11.9 Å². The minimum atomic E-state index is -1.12. The van der Waals surface area contributed by atoms with Crippen LogP contribution < -0.4 is 0 Å². The van der Waals surface area contributed by atoms with E-state index in [1.54, 1.807) is 7.05 Å². The lowest BCUT2D eigenvalue weighted by molar-refractivity contribution is 0.0688. The van der Waals surface area contributed by atoms with Crippen LogP contribution in [0.25, 0.3) is 0 Å². The molecule has 0 radical (unpaired) electrons. The molecule has 0 fully saturated rings. The Balaban J connectivity index is 1.90. The van der Waals surface area contributed by atoms with Crippen LogP contribution in [-0.2, 0) is 20.0 Å². The van der Waals surface area contributed by atoms with E-state index < -0.39 is 23.5 Å². The topological polar surface area (TPSA) is 75.4 Å². The molecule has 0 spiro atoms. The van der Waals surface area contributed by atoms with Gasteiger partial charge in [-0.05, 0) is 18.6 Å². The van der Waals surface area contributed by atoms with Crippen molar-refractivity contribution in [3.8, 4) is 0 Å². The van der Waals surface area contributed by atoms with Crippen molar-refractivity contribution in [1.29, 1.82) is 0 Å². The molecule has 1 aliphatic heterocycles. The van der Waals surface area contributed by atoms with Crippen molar-refractivity contribution in [3.63, 3.8) is 0 Å². The summed E-state index contributed by atoms with van der Waals surface area (Å²) in [6, 6.07) is 2.79. The number of nitrogens with zero attached hydrogens (tertiary/aromatic N) is 3. The first-order valence-corrected chi connectivity index (χ1v) is 6.91. The highest BCUT2D eigenvalue weighted by Crippen LogP contribution is 2.24. The Bertz CT molecular complexity index is 817. The molecule has 0 saturated heterocycles. The van der Waals surface area contributed by atoms with Crippen LogP contribution >= 0.6 is 0 Å². The van der Waals surface area contributed by atoms with E-state index in [0.29, 0.717) is 23.7 Å². The van der Waals surface area contributed by atoms with Gasteiger partial charge in [0.1, 0.15) is 11.6 Å². The summed E-state index contributed by atoms with van der Waals surface area (Å²) in [5.41, 5.74) is 0.950. The van der Waals surface area contributed by atoms with Gasteiger partial charge in [-0.2, -0.15) is 5.10 Å². The molecular formula is C15H13F2N3O3. The third-order valence-corrected chi connectivity index (χ3v) is 3.90. The molecule has 1 aliphatic rings. The molecule has 1 N–H and O–H groups in total. The third-order valence-electron chi connectivity index (χ3n) is 3.90. The van der Waals surface area contributed by atoms with Crippen molar-refractivity contribution in [3.05, 3.63) is 52.3 Å². The van der Waals surface area contributed by atoms with E-state index in [0.717, 1.165) is 12.1 Å². The molecule has 23 heavy (non-hydrogen) atoms. The zero-order chi connectivity index (χ0) is 16.7. The number of carbonyl (C=O) groups is 2. The standard InChI is InChI=1S/C15H13F2N3O3/c1-19-12-7-20(5-4-10(12)13(18-19)15(22)23)14(21)9-3-2-8(16)6-11(9)17/h2-3,6H,4-5,7H2,1H3,(H,22,23). The number of halogens is 2. The molecule has 0 bridgehead atoms. The van der Waals surface area contributed by atoms with Crippen LogP contribution in [0.3, 0.4) is 0 Å². The van der Waals surface area contributed by atoms with Gasteiger partial charge in [0.05, 0.1) is 17.8 Å². The number of amides is 1. The van der Waals surface area contributed by atoms with E-state index >= 15 is 0 Å². The molecule has 120 valence electrons. The molecule has 1 aromatic carbocycles. The molecule has 0 saturated carbocycles. The van der Waals surface area contributed by atoms with Crippen molar-refractivity contribution < 1.29 is 23.5 Å². The van der Waals surface area contributed by atoms with Gasteiger partial charge in [0.25, 0.3) is 5.91 Å². The summed E-state index contributed by atoms with van der Waals surface area (Å²) in [6.07, 6.45) is 0.319. The van der Waals surface area contributed by atoms with E-state index in [9.17, 15) is 18.4 Å². The quantitative estimate of drug-likeness (QED) is 0.911. The second-order valence-electron chi connectivity index (χ2n) is 5.30. The number of fused-ring (bicyclic) bond motifs is 1. The third kappa shape index (κ3) is 2.56. The SMILES string of the molecule is Cn1nc(C(=O)O)c2c1CN(C(=O)c1ccc(F)cc1F)CC2. The molecule has 0 atom stereocenters. The van der Waals surface area contributed by atoms with Gasteiger partial charge in [-0.3, -0.25) is 9.48 Å². The summed E-state index contributed by atoms with van der Waals surface area (Å²) in [7, 11) is 1.59. The molecule has 8 heteroatoms. The Hall–Kier alpha value is -2.77. The molecule has 1 amide bonds. The van der Waals surface area contributed by atoms with E-state index in [1.165, 1.54) is 9.58 Å². The maximum atomic E-state index is 13.8. The molecule has 3 rings (SSSR count). The van der Waals surface area contributed by atoms with E-state index in [-0.39, 0.29) is 24.3 Å². The largest absolute Gasteiger partial charge is 0.476 e. The van der Waals surface area contributed by atoms with E-state index in [1.807, 2.05) is 0 Å². The van der Waals surface area contributed by atoms with Crippen LogP contribution in [0.1, 0.15) is 32.1 Å². The first kappa shape index (κ1) is 15.1. The van der Waals surface area contributed by atoms with Crippen LogP contribution in [0.15, 0.2) is 18.2 Å². The first-order chi connectivity index (χ1) is 10.9. The summed E-state index contributed by atoms with van der Waals surface area (Å²) in [5.74, 6) is -3.35. The zero-order valence-electron chi connectivity index (χ0n) is 12.2. The lowest BCUT2D eigenvalue weighted by Crippen LogP contribution is -2.37. The summed E-state index contributed by atoms with van der Waals surface area (Å²) >= 11 is 0. The average Bonchev–Trinajstić information content (AvgIpc) is 2.83. The number of benzene rings is 1. The Morgan fingerprint density at radius 3 is 2.70 bits per heavy atom. The highest BCUT2D eigenvalue weighted by Gasteiger charge is 2.30. The molecule has 2 heterocycles. The fourth-order valence-corrected chi connectivity index (χ4v) is 2.75. The Morgan fingerprint density at radius 2 is 2.04 bits per heavy atom. The number of carboxylic acids is 1. The maximum Gasteiger partial charge on any atom is 0.356 e. The fraction of sp³-hybridized carbons (Fsp3) is 0.267. The predicted molar refractivity (Wildman–Crippen MR) is 75.0 cm³/mol. The molecule has 2 aromatic rings. The lowest BCUT2D eigenvalue weighted by Gasteiger charge is -2.27. The predicted octanol–water partition coefficient (Wildman–Crippen LogP) is 1.59. The Morgan fingerprint density at radius 1 is 1.30 bits per heavy atom. The Kier molecular flexibility index (Phi) is 3.59. The maximum absolute atomic E-state index is 13.8. The van der Waals surface area contributed by atoms with Gasteiger partial charge in [0, 0.05) is 25.2 Å². The number of aromatic nitrogens is 2. The normalized spacial score (nSPS) is 13.8. The monoisotopic (exact) mass is 321 g/mol. The van der Waals surface area contributed by atoms with Gasteiger partial charge in [-0.25, -0.2) is 13.6 Å². The lowest BCUT2D eigenvalue weighted by atomic mass is 10.0. The van der Waals surface area contributed by atoms with Gasteiger partial charge in [0.2, 0.25) is 0 Å². The summed E-state index contributed by atoms with van der Waals surface area (Å²) in [5, 5.41) is 13.1. The van der Waals surface area contributed by atoms with Crippen molar-refractivity contribution in [2.24, 2.45) is 7.05 Å². The van der Waals surface area contributed by atoms with Gasteiger partial charge in [-0.1, -0.05) is 0 Å². The average molecular weight is 321 g/mol. The van der Waals surface area contributed by atoms with E-state index in [4.69, 9.17) is 5.11 Å². The van der Waals surface area contributed by atoms with Gasteiger partial charge in [0.15, 0.2) is 5.69 Å². The molecule has 6 nitrogen and oxygen atoms in total. The number of aromatic carboxylic acids is 1. The second-order valence-corrected chi connectivity index (χ2v) is 5.30. The minimum Gasteiger partial charge on any atom is -0.476 e. The van der Waals surface area contributed by atoms with Crippen LogP contribution in [0, 0.1) is 11.6 Å². The van der Waals surface area contributed by atoms with Crippen molar-refractivity contribution in [2.45, 2.75) is 13.0 Å². The summed E-state index contributed by atoms with van der Waals surface area (Å²) in [4.78, 5) is 25.0. The van der Waals surface area contributed by atoms with Crippen LogP contribution in [0.4, 0.5) is 8.78 Å². The highest BCUT2D eigenvalue weighted by atomic mass is 19.1. The first-order valence-electron chi connectivity index (χ1n) is 6.91. The van der Waals surface area contributed by atoms with E-state index in [2.05, 4.69) is 5.10 Å². The number of carboxylic acid groups (broad SMARTS) is 1. The highest BCUT2D eigenvalue weighted by molar-refractivity contribution is 5.95. The Labute approximate surface area is 129 Å². The number of hydrogen-bond acceptors (Lipinski definition) is 3. The summed E-state index contributed by atoms with van der Waals surface area (Å²) < 4.78 is 28.1. The number of carbonyl (C=O) groups excluding carboxylic acids is 1. The summed E-state index contributed by atoms with van der Waals surface area (Å²) in [6.45, 7) is 0.371. The molecule has 0 unspecified atom stereocenters. The number of rotatable bonds is 2.